The minimum Gasteiger partial charge on any atom is -0.314 e. The van der Waals surface area contributed by atoms with E-state index in [0.717, 1.165) is 24.6 Å². The zero-order chi connectivity index (χ0) is 11.6. The van der Waals surface area contributed by atoms with Crippen molar-refractivity contribution in [2.75, 3.05) is 0 Å². The molecule has 0 amide bonds. The Balaban J connectivity index is 2.35. The summed E-state index contributed by atoms with van der Waals surface area (Å²) >= 11 is 5.91. The molecule has 0 bridgehead atoms. The molecule has 0 aliphatic heterocycles. The third-order valence-corrected chi connectivity index (χ3v) is 3.88. The summed E-state index contributed by atoms with van der Waals surface area (Å²) in [5.41, 5.74) is 0.229. The highest BCUT2D eigenvalue weighted by atomic mass is 35.5. The molecular weight excluding hydrogens is 222 g/mol. The van der Waals surface area contributed by atoms with Gasteiger partial charge in [-0.05, 0) is 19.3 Å². The second-order valence-electron chi connectivity index (χ2n) is 4.99. The first-order valence-corrected chi connectivity index (χ1v) is 6.73. The Morgan fingerprint density at radius 3 is 2.56 bits per heavy atom. The second kappa shape index (κ2) is 4.74. The standard InChI is InChI=1S/C12H20ClN3/c1-3-8-16-10(9-13)14-15-11(16)12(2)6-4-5-7-12/h3-9H2,1-2H3. The van der Waals surface area contributed by atoms with Gasteiger partial charge in [-0.15, -0.1) is 21.8 Å². The summed E-state index contributed by atoms with van der Waals surface area (Å²) in [6, 6.07) is 0. The third-order valence-electron chi connectivity index (χ3n) is 3.64. The summed E-state index contributed by atoms with van der Waals surface area (Å²) in [4.78, 5) is 0. The van der Waals surface area contributed by atoms with Gasteiger partial charge in [0.1, 0.15) is 11.6 Å². The van der Waals surface area contributed by atoms with E-state index in [0.29, 0.717) is 5.88 Å². The molecule has 3 nitrogen and oxygen atoms in total. The zero-order valence-corrected chi connectivity index (χ0v) is 10.9. The van der Waals surface area contributed by atoms with Gasteiger partial charge in [-0.1, -0.05) is 26.7 Å². The lowest BCUT2D eigenvalue weighted by Crippen LogP contribution is -2.23. The third kappa shape index (κ3) is 1.97. The molecule has 2 rings (SSSR count). The van der Waals surface area contributed by atoms with Crippen LogP contribution in [-0.2, 0) is 17.8 Å². The molecule has 0 radical (unpaired) electrons. The lowest BCUT2D eigenvalue weighted by atomic mass is 9.88. The van der Waals surface area contributed by atoms with Crippen LogP contribution in [0.2, 0.25) is 0 Å². The fraction of sp³-hybridized carbons (Fsp3) is 0.833. The molecule has 1 aromatic heterocycles. The molecule has 1 heterocycles. The van der Waals surface area contributed by atoms with Crippen molar-refractivity contribution >= 4 is 11.6 Å². The van der Waals surface area contributed by atoms with Gasteiger partial charge in [0, 0.05) is 12.0 Å². The number of aromatic nitrogens is 3. The van der Waals surface area contributed by atoms with E-state index in [1.807, 2.05) is 0 Å². The molecule has 1 saturated carbocycles. The van der Waals surface area contributed by atoms with Crippen molar-refractivity contribution in [1.82, 2.24) is 14.8 Å². The summed E-state index contributed by atoms with van der Waals surface area (Å²) in [5, 5.41) is 8.61. The SMILES string of the molecule is CCCn1c(CCl)nnc1C1(C)CCCC1. The van der Waals surface area contributed by atoms with Crippen molar-refractivity contribution in [1.29, 1.82) is 0 Å². The molecule has 1 fully saturated rings. The van der Waals surface area contributed by atoms with E-state index in [1.165, 1.54) is 25.7 Å². The second-order valence-corrected chi connectivity index (χ2v) is 5.26. The predicted molar refractivity (Wildman–Crippen MR) is 65.7 cm³/mol. The van der Waals surface area contributed by atoms with Gasteiger partial charge in [-0.25, -0.2) is 0 Å². The van der Waals surface area contributed by atoms with E-state index in [9.17, 15) is 0 Å². The van der Waals surface area contributed by atoms with Crippen molar-refractivity contribution in [3.05, 3.63) is 11.6 Å². The maximum absolute atomic E-state index is 5.91. The molecule has 4 heteroatoms. The van der Waals surface area contributed by atoms with Crippen LogP contribution in [0.5, 0.6) is 0 Å². The molecular formula is C12H20ClN3. The quantitative estimate of drug-likeness (QED) is 0.758. The summed E-state index contributed by atoms with van der Waals surface area (Å²) in [5.74, 6) is 2.54. The van der Waals surface area contributed by atoms with Crippen LogP contribution in [0.4, 0.5) is 0 Å². The van der Waals surface area contributed by atoms with Crippen LogP contribution < -0.4 is 0 Å². The fourth-order valence-corrected chi connectivity index (χ4v) is 2.92. The number of nitrogens with zero attached hydrogens (tertiary/aromatic N) is 3. The Kier molecular flexibility index (Phi) is 3.53. The van der Waals surface area contributed by atoms with Gasteiger partial charge in [0.25, 0.3) is 0 Å². The molecule has 0 N–H and O–H groups in total. The van der Waals surface area contributed by atoms with Crippen molar-refractivity contribution in [3.63, 3.8) is 0 Å². The number of hydrogen-bond donors (Lipinski definition) is 0. The molecule has 90 valence electrons. The molecule has 0 spiro atoms. The van der Waals surface area contributed by atoms with Crippen molar-refractivity contribution < 1.29 is 0 Å². The lowest BCUT2D eigenvalue weighted by Gasteiger charge is -2.23. The summed E-state index contributed by atoms with van der Waals surface area (Å²) in [6.45, 7) is 5.48. The normalized spacial score (nSPS) is 19.2. The van der Waals surface area contributed by atoms with E-state index in [2.05, 4.69) is 28.6 Å². The maximum atomic E-state index is 5.91. The van der Waals surface area contributed by atoms with E-state index in [-0.39, 0.29) is 5.41 Å². The first-order chi connectivity index (χ1) is 7.71. The van der Waals surface area contributed by atoms with Gasteiger partial charge in [0.05, 0.1) is 5.88 Å². The zero-order valence-electron chi connectivity index (χ0n) is 10.2. The van der Waals surface area contributed by atoms with Gasteiger partial charge in [0.15, 0.2) is 0 Å². The topological polar surface area (TPSA) is 30.7 Å². The molecule has 1 aliphatic rings. The number of rotatable bonds is 4. The number of halogens is 1. The van der Waals surface area contributed by atoms with Crippen molar-refractivity contribution in [3.8, 4) is 0 Å². The summed E-state index contributed by atoms with van der Waals surface area (Å²) in [6.07, 6.45) is 6.19. The highest BCUT2D eigenvalue weighted by molar-refractivity contribution is 6.16. The molecule has 0 atom stereocenters. The van der Waals surface area contributed by atoms with Crippen LogP contribution in [-0.4, -0.2) is 14.8 Å². The Hall–Kier alpha value is -0.570. The highest BCUT2D eigenvalue weighted by Gasteiger charge is 2.35. The Morgan fingerprint density at radius 2 is 2.00 bits per heavy atom. The van der Waals surface area contributed by atoms with E-state index in [1.54, 1.807) is 0 Å². The Labute approximate surface area is 102 Å². The monoisotopic (exact) mass is 241 g/mol. The van der Waals surface area contributed by atoms with E-state index < -0.39 is 0 Å². The molecule has 1 aliphatic carbocycles. The maximum Gasteiger partial charge on any atom is 0.147 e. The average molecular weight is 242 g/mol. The molecule has 0 aromatic carbocycles. The van der Waals surface area contributed by atoms with E-state index in [4.69, 9.17) is 11.6 Å². The first kappa shape index (κ1) is 11.9. The van der Waals surface area contributed by atoms with Crippen LogP contribution in [0, 0.1) is 0 Å². The van der Waals surface area contributed by atoms with Crippen LogP contribution in [0.3, 0.4) is 0 Å². The van der Waals surface area contributed by atoms with Crippen LogP contribution >= 0.6 is 11.6 Å². The van der Waals surface area contributed by atoms with Gasteiger partial charge in [-0.3, -0.25) is 0 Å². The molecule has 0 unspecified atom stereocenters. The number of alkyl halides is 1. The van der Waals surface area contributed by atoms with Crippen molar-refractivity contribution in [2.45, 2.75) is 63.8 Å². The Morgan fingerprint density at radius 1 is 1.31 bits per heavy atom. The summed E-state index contributed by atoms with van der Waals surface area (Å²) in [7, 11) is 0. The first-order valence-electron chi connectivity index (χ1n) is 6.20. The minimum atomic E-state index is 0.229. The fourth-order valence-electron chi connectivity index (χ4n) is 2.72. The van der Waals surface area contributed by atoms with Gasteiger partial charge in [0.2, 0.25) is 0 Å². The van der Waals surface area contributed by atoms with Crippen molar-refractivity contribution in [2.24, 2.45) is 0 Å². The Bertz CT molecular complexity index is 353. The highest BCUT2D eigenvalue weighted by Crippen LogP contribution is 2.39. The minimum absolute atomic E-state index is 0.229. The number of hydrogen-bond acceptors (Lipinski definition) is 2. The largest absolute Gasteiger partial charge is 0.314 e. The molecule has 16 heavy (non-hydrogen) atoms. The predicted octanol–water partition coefficient (Wildman–Crippen LogP) is 3.26. The average Bonchev–Trinajstić information content (AvgIpc) is 2.86. The van der Waals surface area contributed by atoms with Crippen LogP contribution in [0.25, 0.3) is 0 Å². The van der Waals surface area contributed by atoms with Crippen LogP contribution in [0.1, 0.15) is 57.6 Å². The summed E-state index contributed by atoms with van der Waals surface area (Å²) < 4.78 is 2.23. The smallest absolute Gasteiger partial charge is 0.147 e. The van der Waals surface area contributed by atoms with Gasteiger partial charge in [-0.2, -0.15) is 0 Å². The molecule has 1 aromatic rings. The van der Waals surface area contributed by atoms with E-state index >= 15 is 0 Å². The van der Waals surface area contributed by atoms with Gasteiger partial charge >= 0.3 is 0 Å². The van der Waals surface area contributed by atoms with Gasteiger partial charge < -0.3 is 4.57 Å². The molecule has 0 saturated heterocycles. The lowest BCUT2D eigenvalue weighted by molar-refractivity contribution is 0.426. The van der Waals surface area contributed by atoms with Crippen LogP contribution in [0.15, 0.2) is 0 Å².